The number of sulfonamides is 1. The number of hydrogen-bond acceptors (Lipinski definition) is 4. The summed E-state index contributed by atoms with van der Waals surface area (Å²) in [4.78, 5) is 11.6. The molecule has 0 spiro atoms. The van der Waals surface area contributed by atoms with Crippen LogP contribution >= 0.6 is 12.4 Å². The molecule has 0 saturated carbocycles. The van der Waals surface area contributed by atoms with E-state index >= 15 is 0 Å². The number of nitrogens with zero attached hydrogens (tertiary/aromatic N) is 1. The van der Waals surface area contributed by atoms with Crippen LogP contribution in [-0.2, 0) is 14.8 Å². The number of amides is 1. The topological polar surface area (TPSA) is 78.5 Å². The summed E-state index contributed by atoms with van der Waals surface area (Å²) in [5.41, 5.74) is 0. The van der Waals surface area contributed by atoms with Crippen molar-refractivity contribution in [3.05, 3.63) is 0 Å². The third-order valence-electron chi connectivity index (χ3n) is 3.50. The molecule has 0 aromatic rings. The van der Waals surface area contributed by atoms with Crippen LogP contribution in [0.2, 0.25) is 0 Å². The minimum atomic E-state index is -3.07. The Balaban J connectivity index is 0.00000180. The minimum absolute atomic E-state index is 0. The third kappa shape index (κ3) is 4.91. The molecule has 8 heteroatoms. The van der Waals surface area contributed by atoms with Crippen molar-refractivity contribution in [2.45, 2.75) is 31.7 Å². The lowest BCUT2D eigenvalue weighted by Crippen LogP contribution is -2.38. The van der Waals surface area contributed by atoms with Crippen molar-refractivity contribution in [1.82, 2.24) is 14.9 Å². The van der Waals surface area contributed by atoms with Crippen LogP contribution in [0.1, 0.15) is 25.7 Å². The molecule has 1 atom stereocenters. The zero-order chi connectivity index (χ0) is 13.0. The molecule has 6 nitrogen and oxygen atoms in total. The third-order valence-corrected chi connectivity index (χ3v) is 5.46. The average molecular weight is 312 g/mol. The van der Waals surface area contributed by atoms with E-state index in [9.17, 15) is 13.2 Å². The average Bonchev–Trinajstić information content (AvgIpc) is 2.93. The molecule has 1 unspecified atom stereocenters. The predicted octanol–water partition coefficient (Wildman–Crippen LogP) is -0.298. The molecule has 2 fully saturated rings. The van der Waals surface area contributed by atoms with Gasteiger partial charge in [0.1, 0.15) is 0 Å². The van der Waals surface area contributed by atoms with Gasteiger partial charge in [-0.25, -0.2) is 12.7 Å². The van der Waals surface area contributed by atoms with Crippen LogP contribution < -0.4 is 10.6 Å². The van der Waals surface area contributed by atoms with Gasteiger partial charge in [0.25, 0.3) is 0 Å². The van der Waals surface area contributed by atoms with Crippen molar-refractivity contribution >= 4 is 28.3 Å². The fourth-order valence-corrected chi connectivity index (χ4v) is 3.95. The highest BCUT2D eigenvalue weighted by molar-refractivity contribution is 7.89. The molecule has 112 valence electrons. The van der Waals surface area contributed by atoms with Crippen LogP contribution in [0.15, 0.2) is 0 Å². The van der Waals surface area contributed by atoms with Gasteiger partial charge in [0, 0.05) is 32.1 Å². The van der Waals surface area contributed by atoms with Crippen LogP contribution in [0.3, 0.4) is 0 Å². The monoisotopic (exact) mass is 311 g/mol. The van der Waals surface area contributed by atoms with Crippen molar-refractivity contribution in [2.75, 3.05) is 31.9 Å². The smallest absolute Gasteiger partial charge is 0.221 e. The summed E-state index contributed by atoms with van der Waals surface area (Å²) in [6, 6.07) is 0.379. The van der Waals surface area contributed by atoms with Crippen molar-refractivity contribution in [3.63, 3.8) is 0 Å². The van der Waals surface area contributed by atoms with E-state index in [1.165, 1.54) is 4.31 Å². The highest BCUT2D eigenvalue weighted by Gasteiger charge is 2.28. The Morgan fingerprint density at radius 3 is 2.74 bits per heavy atom. The van der Waals surface area contributed by atoms with Gasteiger partial charge in [0.2, 0.25) is 15.9 Å². The minimum Gasteiger partial charge on any atom is -0.354 e. The van der Waals surface area contributed by atoms with E-state index in [1.54, 1.807) is 0 Å². The molecule has 0 radical (unpaired) electrons. The molecule has 0 aromatic carbocycles. The van der Waals surface area contributed by atoms with Crippen molar-refractivity contribution in [2.24, 2.45) is 0 Å². The van der Waals surface area contributed by atoms with E-state index in [0.29, 0.717) is 32.1 Å². The van der Waals surface area contributed by atoms with Gasteiger partial charge in [-0.3, -0.25) is 4.79 Å². The lowest BCUT2D eigenvalue weighted by molar-refractivity contribution is -0.121. The van der Waals surface area contributed by atoms with E-state index in [2.05, 4.69) is 10.6 Å². The zero-order valence-corrected chi connectivity index (χ0v) is 12.6. The molecule has 2 saturated heterocycles. The Morgan fingerprint density at radius 2 is 2.16 bits per heavy atom. The van der Waals surface area contributed by atoms with Crippen LogP contribution in [0.5, 0.6) is 0 Å². The summed E-state index contributed by atoms with van der Waals surface area (Å²) in [6.07, 6.45) is 3.19. The zero-order valence-electron chi connectivity index (χ0n) is 10.9. The van der Waals surface area contributed by atoms with Gasteiger partial charge in [-0.05, 0) is 25.8 Å². The first kappa shape index (κ1) is 16.7. The SMILES string of the molecule is Cl.O=C(CCN1CCCS1(=O)=O)NCC1CCCN1. The van der Waals surface area contributed by atoms with Gasteiger partial charge in [-0.15, -0.1) is 12.4 Å². The normalized spacial score (nSPS) is 26.0. The Morgan fingerprint density at radius 1 is 1.37 bits per heavy atom. The maximum absolute atomic E-state index is 11.6. The fourth-order valence-electron chi connectivity index (χ4n) is 2.42. The summed E-state index contributed by atoms with van der Waals surface area (Å²) in [5.74, 6) is 0.159. The molecule has 2 aliphatic heterocycles. The number of nitrogens with one attached hydrogen (secondary N) is 2. The van der Waals surface area contributed by atoms with Gasteiger partial charge >= 0.3 is 0 Å². The molecular formula is C11H22ClN3O3S. The number of carbonyl (C=O) groups excluding carboxylic acids is 1. The molecule has 2 rings (SSSR count). The first-order valence-electron chi connectivity index (χ1n) is 6.56. The number of rotatable bonds is 5. The standard InChI is InChI=1S/C11H21N3O3S.ClH/c15-11(13-9-10-3-1-5-12-10)4-7-14-6-2-8-18(14,16)17;/h10,12H,1-9H2,(H,13,15);1H. The van der Waals surface area contributed by atoms with Gasteiger partial charge in [-0.1, -0.05) is 0 Å². The molecule has 19 heavy (non-hydrogen) atoms. The summed E-state index contributed by atoms with van der Waals surface area (Å²) >= 11 is 0. The van der Waals surface area contributed by atoms with E-state index in [1.807, 2.05) is 0 Å². The number of carbonyl (C=O) groups is 1. The number of halogens is 1. The van der Waals surface area contributed by atoms with Crippen molar-refractivity contribution in [1.29, 1.82) is 0 Å². The van der Waals surface area contributed by atoms with Crippen molar-refractivity contribution < 1.29 is 13.2 Å². The molecule has 0 aromatic heterocycles. The first-order chi connectivity index (χ1) is 8.58. The van der Waals surface area contributed by atoms with E-state index in [-0.39, 0.29) is 30.5 Å². The lowest BCUT2D eigenvalue weighted by Gasteiger charge is -2.15. The molecular weight excluding hydrogens is 290 g/mol. The van der Waals surface area contributed by atoms with Crippen LogP contribution in [0.25, 0.3) is 0 Å². The van der Waals surface area contributed by atoms with E-state index in [0.717, 1.165) is 19.4 Å². The Kier molecular flexibility index (Phi) is 6.52. The second-order valence-electron chi connectivity index (χ2n) is 4.92. The van der Waals surface area contributed by atoms with Crippen molar-refractivity contribution in [3.8, 4) is 0 Å². The second kappa shape index (κ2) is 7.42. The molecule has 0 aliphatic carbocycles. The Bertz CT molecular complexity index is 396. The van der Waals surface area contributed by atoms with E-state index in [4.69, 9.17) is 0 Å². The fraction of sp³-hybridized carbons (Fsp3) is 0.909. The summed E-state index contributed by atoms with van der Waals surface area (Å²) < 4.78 is 24.5. The van der Waals surface area contributed by atoms with Crippen LogP contribution in [0, 0.1) is 0 Å². The van der Waals surface area contributed by atoms with Gasteiger partial charge in [0.15, 0.2) is 0 Å². The highest BCUT2D eigenvalue weighted by Crippen LogP contribution is 2.13. The van der Waals surface area contributed by atoms with Crippen LogP contribution in [0.4, 0.5) is 0 Å². The summed E-state index contributed by atoms with van der Waals surface area (Å²) in [5, 5.41) is 6.15. The quantitative estimate of drug-likeness (QED) is 0.731. The summed E-state index contributed by atoms with van der Waals surface area (Å²) in [6.45, 7) is 2.53. The van der Waals surface area contributed by atoms with Gasteiger partial charge < -0.3 is 10.6 Å². The van der Waals surface area contributed by atoms with Gasteiger partial charge in [0.05, 0.1) is 5.75 Å². The maximum atomic E-state index is 11.6. The van der Waals surface area contributed by atoms with Crippen LogP contribution in [-0.4, -0.2) is 56.6 Å². The largest absolute Gasteiger partial charge is 0.354 e. The predicted molar refractivity (Wildman–Crippen MR) is 75.9 cm³/mol. The molecule has 2 aliphatic rings. The molecule has 1 amide bonds. The number of hydrogen-bond donors (Lipinski definition) is 2. The molecule has 2 N–H and O–H groups in total. The molecule has 0 bridgehead atoms. The first-order valence-corrected chi connectivity index (χ1v) is 8.17. The Hall–Kier alpha value is -0.370. The van der Waals surface area contributed by atoms with E-state index < -0.39 is 10.0 Å². The lowest BCUT2D eigenvalue weighted by atomic mass is 10.2. The molecule has 2 heterocycles. The van der Waals surface area contributed by atoms with Gasteiger partial charge in [-0.2, -0.15) is 0 Å². The Labute approximate surface area is 120 Å². The second-order valence-corrected chi connectivity index (χ2v) is 7.00. The summed E-state index contributed by atoms with van der Waals surface area (Å²) in [7, 11) is -3.07. The highest BCUT2D eigenvalue weighted by atomic mass is 35.5. The maximum Gasteiger partial charge on any atom is 0.221 e.